The van der Waals surface area contributed by atoms with Gasteiger partial charge in [-0.25, -0.2) is 0 Å². The normalized spacial score (nSPS) is 12.5. The lowest BCUT2D eigenvalue weighted by Gasteiger charge is -2.08. The first-order valence-electron chi connectivity index (χ1n) is 6.87. The van der Waals surface area contributed by atoms with Gasteiger partial charge in [0.1, 0.15) is 0 Å². The zero-order valence-corrected chi connectivity index (χ0v) is 12.6. The van der Waals surface area contributed by atoms with Crippen LogP contribution in [-0.2, 0) is 11.2 Å². The van der Waals surface area contributed by atoms with Gasteiger partial charge in [0.25, 0.3) is 5.91 Å². The quantitative estimate of drug-likeness (QED) is 0.717. The third kappa shape index (κ3) is 3.77. The van der Waals surface area contributed by atoms with Gasteiger partial charge in [0.2, 0.25) is 0 Å². The van der Waals surface area contributed by atoms with Crippen molar-refractivity contribution in [3.8, 4) is 0 Å². The molecule has 0 unspecified atom stereocenters. The molecule has 0 aliphatic rings. The average Bonchev–Trinajstić information content (AvgIpc) is 2.88. The number of benzene rings is 1. The van der Waals surface area contributed by atoms with Crippen LogP contribution in [0.5, 0.6) is 0 Å². The van der Waals surface area contributed by atoms with Crippen LogP contribution in [0.4, 0.5) is 0 Å². The topological polar surface area (TPSA) is 72.5 Å². The summed E-state index contributed by atoms with van der Waals surface area (Å²) in [6.45, 7) is 0.659. The Morgan fingerprint density at radius 3 is 3.05 bits per heavy atom. The summed E-state index contributed by atoms with van der Waals surface area (Å²) in [6, 6.07) is 8.07. The maximum absolute atomic E-state index is 11.9. The lowest BCUT2D eigenvalue weighted by molar-refractivity contribution is -0.403. The monoisotopic (exact) mass is 292 g/mol. The predicted octanol–water partition coefficient (Wildman–Crippen LogP) is 1.19. The number of nitrogens with one attached hydrogen (secondary N) is 2. The minimum absolute atomic E-state index is 0.0545. The molecule has 1 aromatic heterocycles. The molecule has 4 nitrogen and oxygen atoms in total. The van der Waals surface area contributed by atoms with E-state index < -0.39 is 0 Å². The number of quaternary nitrogens is 1. The van der Waals surface area contributed by atoms with E-state index in [1.807, 2.05) is 24.6 Å². The van der Waals surface area contributed by atoms with Crippen LogP contribution in [0.3, 0.4) is 0 Å². The highest BCUT2D eigenvalue weighted by Crippen LogP contribution is 2.17. The molecular formula is C15H22N3OS+. The third-order valence-corrected chi connectivity index (χ3v) is 4.05. The lowest BCUT2D eigenvalue weighted by atomic mass is 10.1. The number of carbonyl (C=O) groups is 1. The van der Waals surface area contributed by atoms with Crippen LogP contribution >= 0.6 is 11.8 Å². The van der Waals surface area contributed by atoms with Crippen molar-refractivity contribution in [3.05, 3.63) is 36.0 Å². The molecule has 1 aromatic carbocycles. The molecule has 0 saturated heterocycles. The maximum Gasteiger partial charge on any atom is 0.278 e. The zero-order valence-electron chi connectivity index (χ0n) is 11.8. The van der Waals surface area contributed by atoms with Crippen LogP contribution in [0.1, 0.15) is 12.0 Å². The van der Waals surface area contributed by atoms with Crippen molar-refractivity contribution in [1.82, 2.24) is 10.3 Å². The van der Waals surface area contributed by atoms with E-state index in [0.717, 1.165) is 24.1 Å². The van der Waals surface area contributed by atoms with E-state index in [2.05, 4.69) is 28.2 Å². The first kappa shape index (κ1) is 14.9. The number of aromatic amines is 1. The van der Waals surface area contributed by atoms with E-state index >= 15 is 0 Å². The molecule has 0 radical (unpaired) electrons. The summed E-state index contributed by atoms with van der Waals surface area (Å²) in [5.41, 5.74) is 6.29. The first-order valence-corrected chi connectivity index (χ1v) is 8.26. The molecule has 5 heteroatoms. The van der Waals surface area contributed by atoms with E-state index in [-0.39, 0.29) is 11.9 Å². The number of amides is 1. The number of aromatic nitrogens is 1. The molecule has 0 saturated carbocycles. The fourth-order valence-electron chi connectivity index (χ4n) is 2.19. The molecule has 2 rings (SSSR count). The Morgan fingerprint density at radius 2 is 2.25 bits per heavy atom. The van der Waals surface area contributed by atoms with Gasteiger partial charge in [0, 0.05) is 30.1 Å². The van der Waals surface area contributed by atoms with Crippen molar-refractivity contribution in [2.75, 3.05) is 18.6 Å². The summed E-state index contributed by atoms with van der Waals surface area (Å²) in [4.78, 5) is 15.1. The van der Waals surface area contributed by atoms with E-state index in [1.165, 1.54) is 10.9 Å². The minimum atomic E-state index is -0.148. The first-order chi connectivity index (χ1) is 9.72. The molecule has 0 bridgehead atoms. The van der Waals surface area contributed by atoms with E-state index in [4.69, 9.17) is 0 Å². The Morgan fingerprint density at radius 1 is 1.45 bits per heavy atom. The SMILES string of the molecule is CSCC[C@H]([NH3+])C(=O)NCCc1c[nH]c2ccccc12. The maximum atomic E-state index is 11.9. The van der Waals surface area contributed by atoms with Crippen molar-refractivity contribution >= 4 is 28.6 Å². The van der Waals surface area contributed by atoms with Crippen LogP contribution in [0.2, 0.25) is 0 Å². The molecule has 1 atom stereocenters. The molecule has 0 spiro atoms. The fraction of sp³-hybridized carbons (Fsp3) is 0.400. The average molecular weight is 292 g/mol. The Hall–Kier alpha value is -1.46. The molecule has 1 amide bonds. The van der Waals surface area contributed by atoms with Gasteiger partial charge in [-0.1, -0.05) is 18.2 Å². The second-order valence-corrected chi connectivity index (χ2v) is 5.86. The van der Waals surface area contributed by atoms with Gasteiger partial charge in [-0.15, -0.1) is 0 Å². The summed E-state index contributed by atoms with van der Waals surface area (Å²) in [5, 5.41) is 4.20. The lowest BCUT2D eigenvalue weighted by Crippen LogP contribution is -2.67. The van der Waals surface area contributed by atoms with Crippen LogP contribution in [0.25, 0.3) is 10.9 Å². The molecule has 0 aliphatic carbocycles. The van der Waals surface area contributed by atoms with Crippen molar-refractivity contribution < 1.29 is 10.5 Å². The number of carbonyl (C=O) groups excluding carboxylic acids is 1. The van der Waals surface area contributed by atoms with Gasteiger partial charge in [0.15, 0.2) is 6.04 Å². The Kier molecular flexibility index (Phi) is 5.49. The Bertz CT molecular complexity index is 567. The third-order valence-electron chi connectivity index (χ3n) is 3.41. The summed E-state index contributed by atoms with van der Waals surface area (Å²) in [6.07, 6.45) is 5.74. The smallest absolute Gasteiger partial charge is 0.278 e. The van der Waals surface area contributed by atoms with Crippen LogP contribution in [0, 0.1) is 0 Å². The van der Waals surface area contributed by atoms with Crippen LogP contribution < -0.4 is 11.1 Å². The summed E-state index contributed by atoms with van der Waals surface area (Å²) in [7, 11) is 0. The molecular weight excluding hydrogens is 270 g/mol. The minimum Gasteiger partial charge on any atom is -0.361 e. The number of hydrogen-bond acceptors (Lipinski definition) is 2. The second-order valence-electron chi connectivity index (χ2n) is 4.88. The number of fused-ring (bicyclic) bond motifs is 1. The number of H-pyrrole nitrogens is 1. The highest BCUT2D eigenvalue weighted by atomic mass is 32.2. The number of thioether (sulfide) groups is 1. The zero-order chi connectivity index (χ0) is 14.4. The predicted molar refractivity (Wildman–Crippen MR) is 84.7 cm³/mol. The van der Waals surface area contributed by atoms with E-state index in [9.17, 15) is 4.79 Å². The fourth-order valence-corrected chi connectivity index (χ4v) is 2.71. The molecule has 2 aromatic rings. The molecule has 1 heterocycles. The number of para-hydroxylation sites is 1. The molecule has 5 N–H and O–H groups in total. The summed E-state index contributed by atoms with van der Waals surface area (Å²) in [5.74, 6) is 1.03. The highest BCUT2D eigenvalue weighted by Gasteiger charge is 2.15. The van der Waals surface area contributed by atoms with Crippen LogP contribution in [-0.4, -0.2) is 35.5 Å². The van der Waals surface area contributed by atoms with Gasteiger partial charge in [-0.2, -0.15) is 11.8 Å². The van der Waals surface area contributed by atoms with Gasteiger partial charge < -0.3 is 16.0 Å². The van der Waals surface area contributed by atoms with Crippen molar-refractivity contribution in [3.63, 3.8) is 0 Å². The number of hydrogen-bond donors (Lipinski definition) is 3. The summed E-state index contributed by atoms with van der Waals surface area (Å²) >= 11 is 1.75. The van der Waals surface area contributed by atoms with Gasteiger partial charge >= 0.3 is 0 Å². The van der Waals surface area contributed by atoms with Crippen molar-refractivity contribution in [1.29, 1.82) is 0 Å². The molecule has 108 valence electrons. The molecule has 20 heavy (non-hydrogen) atoms. The second kappa shape index (κ2) is 7.36. The Labute approximate surface area is 123 Å². The van der Waals surface area contributed by atoms with E-state index in [1.54, 1.807) is 11.8 Å². The highest BCUT2D eigenvalue weighted by molar-refractivity contribution is 7.98. The van der Waals surface area contributed by atoms with Gasteiger partial charge in [0.05, 0.1) is 0 Å². The largest absolute Gasteiger partial charge is 0.361 e. The van der Waals surface area contributed by atoms with Gasteiger partial charge in [-0.05, 0) is 30.1 Å². The molecule has 0 aliphatic heterocycles. The Balaban J connectivity index is 1.82. The van der Waals surface area contributed by atoms with Crippen molar-refractivity contribution in [2.24, 2.45) is 0 Å². The summed E-state index contributed by atoms with van der Waals surface area (Å²) < 4.78 is 0. The van der Waals surface area contributed by atoms with Crippen molar-refractivity contribution in [2.45, 2.75) is 18.9 Å². The standard InChI is InChI=1S/C15H21N3OS/c1-20-9-7-13(16)15(19)17-8-6-11-10-18-14-5-3-2-4-12(11)14/h2-5,10,13,18H,6-9,16H2,1H3,(H,17,19)/p+1/t13-/m0/s1. The van der Waals surface area contributed by atoms with Crippen LogP contribution in [0.15, 0.2) is 30.5 Å². The van der Waals surface area contributed by atoms with Gasteiger partial charge in [-0.3, -0.25) is 4.79 Å². The number of rotatable bonds is 7. The van der Waals surface area contributed by atoms with E-state index in [0.29, 0.717) is 6.54 Å². The molecule has 0 fully saturated rings.